The number of amides is 1. The third-order valence-corrected chi connectivity index (χ3v) is 9.31. The fourth-order valence-corrected chi connectivity index (χ4v) is 7.13. The highest BCUT2D eigenvalue weighted by molar-refractivity contribution is 7.18. The smallest absolute Gasteiger partial charge is 0.320 e. The van der Waals surface area contributed by atoms with Crippen molar-refractivity contribution in [3.8, 4) is 0 Å². The highest BCUT2D eigenvalue weighted by Gasteiger charge is 2.32. The van der Waals surface area contributed by atoms with Crippen LogP contribution in [0.4, 0.5) is 5.69 Å². The normalized spacial score (nSPS) is 18.3. The third-order valence-electron chi connectivity index (χ3n) is 8.28. The number of aromatic nitrogens is 1. The number of carbonyl (C=O) groups is 2. The Labute approximate surface area is 238 Å². The van der Waals surface area contributed by atoms with Gasteiger partial charge in [-0.3, -0.25) is 19.5 Å². The van der Waals surface area contributed by atoms with E-state index in [0.29, 0.717) is 31.0 Å². The number of anilines is 1. The molecule has 7 nitrogen and oxygen atoms in total. The number of nitrogens with one attached hydrogen (secondary N) is 1. The Balaban J connectivity index is 1.27. The Morgan fingerprint density at radius 3 is 2.42 bits per heavy atom. The first kappa shape index (κ1) is 26.5. The lowest BCUT2D eigenvalue weighted by Gasteiger charge is -2.32. The molecule has 0 radical (unpaired) electrons. The Hall–Kier alpha value is -3.75. The average molecular weight is 555 g/mol. The van der Waals surface area contributed by atoms with Gasteiger partial charge in [0.1, 0.15) is 6.04 Å². The minimum atomic E-state index is -0.765. The Kier molecular flexibility index (Phi) is 7.80. The first-order valence-corrected chi connectivity index (χ1v) is 14.9. The lowest BCUT2D eigenvalue weighted by Crippen LogP contribution is -2.38. The molecular formula is C32H34N4O3S. The van der Waals surface area contributed by atoms with Gasteiger partial charge in [0.25, 0.3) is 5.91 Å². The molecule has 4 aromatic rings. The first-order chi connectivity index (χ1) is 19.6. The molecule has 2 N–H and O–H groups in total. The van der Waals surface area contributed by atoms with E-state index in [1.54, 1.807) is 17.5 Å². The molecule has 2 fully saturated rings. The third kappa shape index (κ3) is 5.46. The van der Waals surface area contributed by atoms with Gasteiger partial charge in [-0.05, 0) is 54.7 Å². The number of hydrogen-bond donors (Lipinski definition) is 2. The van der Waals surface area contributed by atoms with Gasteiger partial charge < -0.3 is 15.3 Å². The van der Waals surface area contributed by atoms with Gasteiger partial charge in [0.15, 0.2) is 0 Å². The van der Waals surface area contributed by atoms with Crippen molar-refractivity contribution in [1.82, 2.24) is 14.8 Å². The Morgan fingerprint density at radius 1 is 0.975 bits per heavy atom. The number of nitrogens with zero attached hydrogens (tertiary/aromatic N) is 3. The van der Waals surface area contributed by atoms with E-state index in [4.69, 9.17) is 4.98 Å². The number of carboxylic acid groups (broad SMARTS) is 1. The van der Waals surface area contributed by atoms with Crippen molar-refractivity contribution in [2.75, 3.05) is 25.0 Å². The molecule has 40 heavy (non-hydrogen) atoms. The summed E-state index contributed by atoms with van der Waals surface area (Å²) in [4.78, 5) is 34.4. The number of piperidine rings is 1. The second kappa shape index (κ2) is 11.8. The average Bonchev–Trinajstić information content (AvgIpc) is 3.64. The standard InChI is InChI=1S/C32H34N4O3S/c37-31(35-16-13-24(14-17-35)23-10-5-2-6-11-23)26-19-34-28-25(20-36-15-7-12-27(36)32(38)39)21-40-30(28)29(26)33-18-22-8-3-1-4-9-22/h1-6,8-11,19,21,24,27H,7,12-18,20H2,(H,33,34)(H,38,39)/t27-/m1/s1. The van der Waals surface area contributed by atoms with Gasteiger partial charge in [0.05, 0.1) is 21.5 Å². The van der Waals surface area contributed by atoms with E-state index in [2.05, 4.69) is 47.1 Å². The molecule has 0 bridgehead atoms. The number of thiophene rings is 1. The Bertz CT molecular complexity index is 1480. The zero-order valence-corrected chi connectivity index (χ0v) is 23.3. The summed E-state index contributed by atoms with van der Waals surface area (Å²) in [5.74, 6) is -0.280. The number of hydrogen-bond acceptors (Lipinski definition) is 6. The summed E-state index contributed by atoms with van der Waals surface area (Å²) in [7, 11) is 0. The quantitative estimate of drug-likeness (QED) is 0.279. The molecule has 1 atom stereocenters. The predicted molar refractivity (Wildman–Crippen MR) is 159 cm³/mol. The second-order valence-corrected chi connectivity index (χ2v) is 11.6. The van der Waals surface area contributed by atoms with Crippen LogP contribution in [0.2, 0.25) is 0 Å². The summed E-state index contributed by atoms with van der Waals surface area (Å²) < 4.78 is 0.946. The molecule has 0 aliphatic carbocycles. The van der Waals surface area contributed by atoms with Crippen molar-refractivity contribution in [1.29, 1.82) is 0 Å². The fourth-order valence-electron chi connectivity index (χ4n) is 6.08. The van der Waals surface area contributed by atoms with Gasteiger partial charge in [0, 0.05) is 37.9 Å². The maximum absolute atomic E-state index is 13.9. The number of aliphatic carboxylic acids is 1. The molecule has 2 saturated heterocycles. The van der Waals surface area contributed by atoms with Gasteiger partial charge in [-0.1, -0.05) is 60.7 Å². The van der Waals surface area contributed by atoms with Crippen LogP contribution in [0.3, 0.4) is 0 Å². The van der Waals surface area contributed by atoms with E-state index in [9.17, 15) is 14.7 Å². The summed E-state index contributed by atoms with van der Waals surface area (Å²) in [6.45, 7) is 3.34. The van der Waals surface area contributed by atoms with Crippen molar-refractivity contribution >= 4 is 39.1 Å². The van der Waals surface area contributed by atoms with Crippen LogP contribution in [-0.2, 0) is 17.9 Å². The van der Waals surface area contributed by atoms with Crippen LogP contribution in [0.1, 0.15) is 58.6 Å². The van der Waals surface area contributed by atoms with Crippen LogP contribution in [0.25, 0.3) is 10.2 Å². The van der Waals surface area contributed by atoms with Crippen molar-refractivity contribution in [3.05, 3.63) is 94.5 Å². The number of benzene rings is 2. The monoisotopic (exact) mass is 554 g/mol. The lowest BCUT2D eigenvalue weighted by atomic mass is 9.89. The molecule has 2 aliphatic rings. The molecule has 0 spiro atoms. The van der Waals surface area contributed by atoms with Gasteiger partial charge in [-0.15, -0.1) is 11.3 Å². The topological polar surface area (TPSA) is 85.8 Å². The van der Waals surface area contributed by atoms with Gasteiger partial charge >= 0.3 is 5.97 Å². The summed E-state index contributed by atoms with van der Waals surface area (Å²) in [5, 5.41) is 15.3. The van der Waals surface area contributed by atoms with Gasteiger partial charge in [0.2, 0.25) is 0 Å². The number of pyridine rings is 1. The number of carboxylic acids is 1. The van der Waals surface area contributed by atoms with Crippen LogP contribution in [0.15, 0.2) is 72.2 Å². The zero-order chi connectivity index (χ0) is 27.5. The van der Waals surface area contributed by atoms with E-state index in [0.717, 1.165) is 65.9 Å². The van der Waals surface area contributed by atoms with Crippen molar-refractivity contribution < 1.29 is 14.7 Å². The number of likely N-dealkylation sites (tertiary alicyclic amines) is 2. The largest absolute Gasteiger partial charge is 0.480 e. The maximum atomic E-state index is 13.9. The maximum Gasteiger partial charge on any atom is 0.320 e. The van der Waals surface area contributed by atoms with Gasteiger partial charge in [-0.25, -0.2) is 0 Å². The van der Waals surface area contributed by atoms with Crippen LogP contribution in [0, 0.1) is 0 Å². The number of rotatable bonds is 8. The van der Waals surface area contributed by atoms with Crippen LogP contribution in [0.5, 0.6) is 0 Å². The van der Waals surface area contributed by atoms with Crippen molar-refractivity contribution in [2.24, 2.45) is 0 Å². The summed E-state index contributed by atoms with van der Waals surface area (Å²) in [5.41, 5.74) is 5.75. The minimum Gasteiger partial charge on any atom is -0.480 e. The molecule has 4 heterocycles. The molecule has 0 unspecified atom stereocenters. The van der Waals surface area contributed by atoms with E-state index in [-0.39, 0.29) is 5.91 Å². The van der Waals surface area contributed by atoms with E-state index in [1.165, 1.54) is 5.56 Å². The molecule has 0 saturated carbocycles. The number of carbonyl (C=O) groups excluding carboxylic acids is 1. The van der Waals surface area contributed by atoms with E-state index >= 15 is 0 Å². The molecule has 6 rings (SSSR count). The fraction of sp³-hybridized carbons (Fsp3) is 0.344. The van der Waals surface area contributed by atoms with Crippen molar-refractivity contribution in [2.45, 2.75) is 50.7 Å². The van der Waals surface area contributed by atoms with Crippen LogP contribution in [-0.4, -0.2) is 57.4 Å². The summed E-state index contributed by atoms with van der Waals surface area (Å²) in [6, 6.07) is 20.3. The first-order valence-electron chi connectivity index (χ1n) is 14.1. The van der Waals surface area contributed by atoms with E-state index < -0.39 is 12.0 Å². The Morgan fingerprint density at radius 2 is 1.70 bits per heavy atom. The second-order valence-electron chi connectivity index (χ2n) is 10.8. The van der Waals surface area contributed by atoms with Gasteiger partial charge in [-0.2, -0.15) is 0 Å². The predicted octanol–water partition coefficient (Wildman–Crippen LogP) is 5.98. The molecular weight excluding hydrogens is 520 g/mol. The van der Waals surface area contributed by atoms with Crippen molar-refractivity contribution in [3.63, 3.8) is 0 Å². The highest BCUT2D eigenvalue weighted by atomic mass is 32.1. The molecule has 2 aromatic heterocycles. The van der Waals surface area contributed by atoms with Crippen LogP contribution >= 0.6 is 11.3 Å². The highest BCUT2D eigenvalue weighted by Crippen LogP contribution is 2.37. The molecule has 1 amide bonds. The minimum absolute atomic E-state index is 0.0110. The lowest BCUT2D eigenvalue weighted by molar-refractivity contribution is -0.142. The number of fused-ring (bicyclic) bond motifs is 1. The SMILES string of the molecule is O=C(O)[C@H]1CCCN1Cc1csc2c(NCc3ccccc3)c(C(=O)N3CCC(c4ccccc4)CC3)cnc12. The molecule has 206 valence electrons. The molecule has 8 heteroatoms. The zero-order valence-electron chi connectivity index (χ0n) is 22.5. The van der Waals surface area contributed by atoms with Crippen LogP contribution < -0.4 is 5.32 Å². The summed E-state index contributed by atoms with van der Waals surface area (Å²) in [6.07, 6.45) is 5.17. The molecule has 2 aliphatic heterocycles. The van der Waals surface area contributed by atoms with E-state index in [1.807, 2.05) is 34.1 Å². The molecule has 2 aromatic carbocycles. The summed E-state index contributed by atoms with van der Waals surface area (Å²) >= 11 is 1.57.